The zero-order chi connectivity index (χ0) is 20.2. The van der Waals surface area contributed by atoms with Crippen LogP contribution in [0.1, 0.15) is 10.4 Å². The lowest BCUT2D eigenvalue weighted by atomic mass is 10.0. The third-order valence-corrected chi connectivity index (χ3v) is 5.38. The second kappa shape index (κ2) is 8.78. The average molecular weight is 426 g/mol. The Hall–Kier alpha value is -2.67. The van der Waals surface area contributed by atoms with E-state index in [-0.39, 0.29) is 11.0 Å². The highest BCUT2D eigenvalue weighted by Gasteiger charge is 2.16. The predicted molar refractivity (Wildman–Crippen MR) is 122 cm³/mol. The number of fused-ring (bicyclic) bond motifs is 1. The Bertz CT molecular complexity index is 1070. The highest BCUT2D eigenvalue weighted by molar-refractivity contribution is 7.80. The first-order valence-electron chi connectivity index (χ1n) is 9.35. The summed E-state index contributed by atoms with van der Waals surface area (Å²) in [5.74, 6) is -0.278. The van der Waals surface area contributed by atoms with Crippen LogP contribution in [0.25, 0.3) is 10.8 Å². The van der Waals surface area contributed by atoms with E-state index in [1.54, 1.807) is 12.1 Å². The molecule has 0 spiro atoms. The van der Waals surface area contributed by atoms with Crippen molar-refractivity contribution >= 4 is 57.0 Å². The number of ether oxygens (including phenoxy) is 1. The van der Waals surface area contributed by atoms with Crippen molar-refractivity contribution < 1.29 is 9.53 Å². The van der Waals surface area contributed by atoms with E-state index in [1.165, 1.54) is 0 Å². The van der Waals surface area contributed by atoms with E-state index in [1.807, 2.05) is 48.5 Å². The second-order valence-corrected chi connectivity index (χ2v) is 7.48. The number of benzene rings is 3. The van der Waals surface area contributed by atoms with Gasteiger partial charge < -0.3 is 15.0 Å². The molecule has 1 saturated heterocycles. The van der Waals surface area contributed by atoms with Crippen LogP contribution in [0.3, 0.4) is 0 Å². The highest BCUT2D eigenvalue weighted by Crippen LogP contribution is 2.27. The number of hydrogen-bond donors (Lipinski definition) is 2. The molecule has 1 amide bonds. The van der Waals surface area contributed by atoms with Gasteiger partial charge in [0.2, 0.25) is 0 Å². The number of amides is 1. The van der Waals surface area contributed by atoms with Crippen LogP contribution in [0.2, 0.25) is 5.02 Å². The van der Waals surface area contributed by atoms with Gasteiger partial charge in [0, 0.05) is 29.1 Å². The second-order valence-electron chi connectivity index (χ2n) is 6.67. The van der Waals surface area contributed by atoms with Crippen molar-refractivity contribution in [2.75, 3.05) is 36.5 Å². The summed E-state index contributed by atoms with van der Waals surface area (Å²) >= 11 is 11.7. The zero-order valence-corrected chi connectivity index (χ0v) is 17.2. The molecule has 3 aromatic carbocycles. The summed E-state index contributed by atoms with van der Waals surface area (Å²) in [5, 5.41) is 8.41. The molecule has 2 N–H and O–H groups in total. The SMILES string of the molecule is O=C(NC(=S)Nc1ccccc1N1CCOCC1)c1cccc2c(Cl)cccc12. The minimum atomic E-state index is -0.278. The molecule has 7 heteroatoms. The van der Waals surface area contributed by atoms with Crippen molar-refractivity contribution in [2.24, 2.45) is 0 Å². The number of anilines is 2. The number of rotatable bonds is 3. The van der Waals surface area contributed by atoms with Crippen LogP contribution in [0.4, 0.5) is 11.4 Å². The van der Waals surface area contributed by atoms with Crippen molar-refractivity contribution in [3.8, 4) is 0 Å². The van der Waals surface area contributed by atoms with Gasteiger partial charge in [0.1, 0.15) is 0 Å². The summed E-state index contributed by atoms with van der Waals surface area (Å²) in [7, 11) is 0. The number of nitrogens with zero attached hydrogens (tertiary/aromatic N) is 1. The number of morpholine rings is 1. The fraction of sp³-hybridized carbons (Fsp3) is 0.182. The summed E-state index contributed by atoms with van der Waals surface area (Å²) in [6, 6.07) is 18.9. The average Bonchev–Trinajstić information content (AvgIpc) is 2.74. The number of thiocarbonyl (C=S) groups is 1. The number of nitrogens with one attached hydrogen (secondary N) is 2. The van der Waals surface area contributed by atoms with E-state index in [0.717, 1.165) is 35.2 Å². The fourth-order valence-corrected chi connectivity index (χ4v) is 3.89. The molecule has 0 atom stereocenters. The van der Waals surface area contributed by atoms with E-state index in [4.69, 9.17) is 28.6 Å². The van der Waals surface area contributed by atoms with Crippen LogP contribution >= 0.6 is 23.8 Å². The molecule has 148 valence electrons. The van der Waals surface area contributed by atoms with Crippen molar-refractivity contribution in [2.45, 2.75) is 0 Å². The van der Waals surface area contributed by atoms with Gasteiger partial charge in [-0.15, -0.1) is 0 Å². The van der Waals surface area contributed by atoms with Crippen LogP contribution in [0.5, 0.6) is 0 Å². The van der Waals surface area contributed by atoms with Crippen LogP contribution < -0.4 is 15.5 Å². The molecule has 1 aliphatic heterocycles. The molecule has 0 aromatic heterocycles. The Kier molecular flexibility index (Phi) is 5.94. The van der Waals surface area contributed by atoms with Crippen LogP contribution in [0, 0.1) is 0 Å². The number of hydrogen-bond acceptors (Lipinski definition) is 4. The van der Waals surface area contributed by atoms with Gasteiger partial charge in [0.15, 0.2) is 5.11 Å². The van der Waals surface area contributed by atoms with E-state index in [9.17, 15) is 4.79 Å². The lowest BCUT2D eigenvalue weighted by molar-refractivity contribution is 0.0979. The van der Waals surface area contributed by atoms with Crippen molar-refractivity contribution in [1.82, 2.24) is 5.32 Å². The highest BCUT2D eigenvalue weighted by atomic mass is 35.5. The molecule has 0 unspecified atom stereocenters. The van der Waals surface area contributed by atoms with Crippen molar-refractivity contribution in [3.05, 3.63) is 71.2 Å². The third kappa shape index (κ3) is 4.34. The first kappa shape index (κ1) is 19.6. The Labute approximate surface area is 179 Å². The molecule has 29 heavy (non-hydrogen) atoms. The van der Waals surface area contributed by atoms with Gasteiger partial charge in [0.25, 0.3) is 5.91 Å². The van der Waals surface area contributed by atoms with Gasteiger partial charge in [-0.05, 0) is 41.9 Å². The first-order valence-corrected chi connectivity index (χ1v) is 10.1. The van der Waals surface area contributed by atoms with Gasteiger partial charge >= 0.3 is 0 Å². The van der Waals surface area contributed by atoms with Gasteiger partial charge in [-0.2, -0.15) is 0 Å². The summed E-state index contributed by atoms with van der Waals surface area (Å²) in [6.45, 7) is 3.02. The quantitative estimate of drug-likeness (QED) is 0.607. The normalized spacial score (nSPS) is 13.9. The number of carbonyl (C=O) groups excluding carboxylic acids is 1. The first-order chi connectivity index (χ1) is 14.1. The Morgan fingerprint density at radius 3 is 2.52 bits per heavy atom. The van der Waals surface area contributed by atoms with Crippen LogP contribution in [0.15, 0.2) is 60.7 Å². The van der Waals surface area contributed by atoms with E-state index in [0.29, 0.717) is 23.8 Å². The lowest BCUT2D eigenvalue weighted by Crippen LogP contribution is -2.38. The minimum absolute atomic E-state index is 0.245. The summed E-state index contributed by atoms with van der Waals surface area (Å²) < 4.78 is 5.43. The van der Waals surface area contributed by atoms with Gasteiger partial charge in [-0.25, -0.2) is 0 Å². The van der Waals surface area contributed by atoms with Gasteiger partial charge in [0.05, 0.1) is 24.6 Å². The molecule has 5 nitrogen and oxygen atoms in total. The maximum absolute atomic E-state index is 12.8. The summed E-state index contributed by atoms with van der Waals surface area (Å²) in [6.07, 6.45) is 0. The molecule has 0 radical (unpaired) electrons. The predicted octanol–water partition coefficient (Wildman–Crippen LogP) is 4.46. The Morgan fingerprint density at radius 2 is 1.69 bits per heavy atom. The maximum Gasteiger partial charge on any atom is 0.258 e. The molecular formula is C22H20ClN3O2S. The summed E-state index contributed by atoms with van der Waals surface area (Å²) in [5.41, 5.74) is 2.40. The zero-order valence-electron chi connectivity index (χ0n) is 15.7. The topological polar surface area (TPSA) is 53.6 Å². The summed E-state index contributed by atoms with van der Waals surface area (Å²) in [4.78, 5) is 15.1. The van der Waals surface area contributed by atoms with E-state index < -0.39 is 0 Å². The monoisotopic (exact) mass is 425 g/mol. The number of carbonyl (C=O) groups is 1. The number of para-hydroxylation sites is 2. The fourth-order valence-electron chi connectivity index (χ4n) is 3.45. The Balaban J connectivity index is 1.51. The van der Waals surface area contributed by atoms with Crippen LogP contribution in [-0.2, 0) is 4.74 Å². The maximum atomic E-state index is 12.8. The molecule has 0 aliphatic carbocycles. The Morgan fingerprint density at radius 1 is 0.966 bits per heavy atom. The third-order valence-electron chi connectivity index (χ3n) is 4.84. The molecular weight excluding hydrogens is 406 g/mol. The molecule has 1 aliphatic rings. The van der Waals surface area contributed by atoms with Gasteiger partial charge in [-0.1, -0.05) is 48.0 Å². The molecule has 1 fully saturated rings. The number of halogens is 1. The molecule has 3 aromatic rings. The molecule has 1 heterocycles. The van der Waals surface area contributed by atoms with Crippen molar-refractivity contribution in [1.29, 1.82) is 0 Å². The molecule has 0 saturated carbocycles. The van der Waals surface area contributed by atoms with E-state index in [2.05, 4.69) is 15.5 Å². The largest absolute Gasteiger partial charge is 0.378 e. The van der Waals surface area contributed by atoms with E-state index >= 15 is 0 Å². The van der Waals surface area contributed by atoms with Crippen molar-refractivity contribution in [3.63, 3.8) is 0 Å². The standard InChI is InChI=1S/C22H20ClN3O2S/c23-18-8-4-5-15-16(18)6-3-7-17(15)21(27)25-22(29)24-19-9-1-2-10-20(19)26-11-13-28-14-12-26/h1-10H,11-14H2,(H2,24,25,27,29). The smallest absolute Gasteiger partial charge is 0.258 e. The minimum Gasteiger partial charge on any atom is -0.378 e. The van der Waals surface area contributed by atoms with Crippen LogP contribution in [-0.4, -0.2) is 37.3 Å². The molecule has 0 bridgehead atoms. The van der Waals surface area contributed by atoms with Gasteiger partial charge in [-0.3, -0.25) is 10.1 Å². The molecule has 4 rings (SSSR count). The lowest BCUT2D eigenvalue weighted by Gasteiger charge is -2.30.